The molecule has 0 radical (unpaired) electrons. The molecule has 0 atom stereocenters. The van der Waals surface area contributed by atoms with E-state index in [9.17, 15) is 0 Å². The fraction of sp³-hybridized carbons (Fsp3) is 0.100. The standard InChI is InChI=1S/C10H8N4O/c1-2-7(15-3-1)4-9-13-8-5-11-6-12-10(8)14-9/h1-3,5-6H,4H2,(H,11,12,13,14). The van der Waals surface area contributed by atoms with Crippen LogP contribution in [0.4, 0.5) is 0 Å². The van der Waals surface area contributed by atoms with Crippen molar-refractivity contribution in [2.75, 3.05) is 0 Å². The molecule has 15 heavy (non-hydrogen) atoms. The lowest BCUT2D eigenvalue weighted by Gasteiger charge is -1.89. The zero-order valence-electron chi connectivity index (χ0n) is 7.84. The fourth-order valence-electron chi connectivity index (χ4n) is 1.47. The van der Waals surface area contributed by atoms with Crippen molar-refractivity contribution in [1.29, 1.82) is 0 Å². The van der Waals surface area contributed by atoms with Gasteiger partial charge in [0.25, 0.3) is 0 Å². The summed E-state index contributed by atoms with van der Waals surface area (Å²) in [4.78, 5) is 15.4. The molecule has 74 valence electrons. The highest BCUT2D eigenvalue weighted by Crippen LogP contribution is 2.10. The van der Waals surface area contributed by atoms with Crippen LogP contribution in [-0.4, -0.2) is 19.9 Å². The van der Waals surface area contributed by atoms with Gasteiger partial charge < -0.3 is 9.40 Å². The Morgan fingerprint density at radius 3 is 3.20 bits per heavy atom. The Balaban J connectivity index is 1.98. The number of H-pyrrole nitrogens is 1. The van der Waals surface area contributed by atoms with E-state index in [2.05, 4.69) is 19.9 Å². The van der Waals surface area contributed by atoms with Gasteiger partial charge in [-0.25, -0.2) is 15.0 Å². The van der Waals surface area contributed by atoms with Gasteiger partial charge >= 0.3 is 0 Å². The van der Waals surface area contributed by atoms with E-state index in [0.29, 0.717) is 6.42 Å². The first-order valence-corrected chi connectivity index (χ1v) is 4.59. The minimum absolute atomic E-state index is 0.642. The van der Waals surface area contributed by atoms with Crippen LogP contribution in [0.1, 0.15) is 11.6 Å². The van der Waals surface area contributed by atoms with Crippen LogP contribution in [-0.2, 0) is 6.42 Å². The average Bonchev–Trinajstić information content (AvgIpc) is 2.86. The summed E-state index contributed by atoms with van der Waals surface area (Å²) in [7, 11) is 0. The summed E-state index contributed by atoms with van der Waals surface area (Å²) < 4.78 is 5.24. The number of furan rings is 1. The highest BCUT2D eigenvalue weighted by atomic mass is 16.3. The van der Waals surface area contributed by atoms with Gasteiger partial charge in [0.15, 0.2) is 5.65 Å². The molecular weight excluding hydrogens is 192 g/mol. The van der Waals surface area contributed by atoms with Crippen LogP contribution in [0.5, 0.6) is 0 Å². The Bertz CT molecular complexity index is 537. The third-order valence-electron chi connectivity index (χ3n) is 2.13. The highest BCUT2D eigenvalue weighted by Gasteiger charge is 2.05. The van der Waals surface area contributed by atoms with E-state index in [1.165, 1.54) is 6.33 Å². The molecule has 0 aromatic carbocycles. The van der Waals surface area contributed by atoms with Crippen molar-refractivity contribution in [3.8, 4) is 0 Å². The van der Waals surface area contributed by atoms with Gasteiger partial charge in [-0.2, -0.15) is 0 Å². The van der Waals surface area contributed by atoms with Crippen LogP contribution in [0.2, 0.25) is 0 Å². The van der Waals surface area contributed by atoms with Crippen LogP contribution in [0, 0.1) is 0 Å². The van der Waals surface area contributed by atoms with Crippen LogP contribution in [0.25, 0.3) is 11.2 Å². The number of hydrogen-bond acceptors (Lipinski definition) is 4. The average molecular weight is 200 g/mol. The Hall–Kier alpha value is -2.17. The van der Waals surface area contributed by atoms with Crippen molar-refractivity contribution < 1.29 is 4.42 Å². The Morgan fingerprint density at radius 1 is 1.40 bits per heavy atom. The molecule has 3 heterocycles. The first kappa shape index (κ1) is 8.16. The van der Waals surface area contributed by atoms with Crippen molar-refractivity contribution in [2.45, 2.75) is 6.42 Å². The topological polar surface area (TPSA) is 67.6 Å². The van der Waals surface area contributed by atoms with Crippen molar-refractivity contribution in [2.24, 2.45) is 0 Å². The van der Waals surface area contributed by atoms with Crippen LogP contribution in [0.15, 0.2) is 35.3 Å². The normalized spacial score (nSPS) is 10.9. The number of imidazole rings is 1. The fourth-order valence-corrected chi connectivity index (χ4v) is 1.47. The predicted octanol–water partition coefficient (Wildman–Crippen LogP) is 1.54. The van der Waals surface area contributed by atoms with Crippen LogP contribution < -0.4 is 0 Å². The predicted molar refractivity (Wildman–Crippen MR) is 53.2 cm³/mol. The summed E-state index contributed by atoms with van der Waals surface area (Å²) in [5.74, 6) is 1.71. The summed E-state index contributed by atoms with van der Waals surface area (Å²) >= 11 is 0. The molecule has 3 aromatic heterocycles. The third kappa shape index (κ3) is 1.48. The Kier molecular flexibility index (Phi) is 1.74. The van der Waals surface area contributed by atoms with E-state index in [4.69, 9.17) is 4.42 Å². The van der Waals surface area contributed by atoms with E-state index in [1.807, 2.05) is 12.1 Å². The lowest BCUT2D eigenvalue weighted by Crippen LogP contribution is -1.87. The van der Waals surface area contributed by atoms with Crippen molar-refractivity contribution >= 4 is 11.2 Å². The zero-order valence-corrected chi connectivity index (χ0v) is 7.84. The number of hydrogen-bond donors (Lipinski definition) is 1. The minimum atomic E-state index is 0.642. The molecule has 0 aliphatic carbocycles. The molecule has 0 saturated carbocycles. The van der Waals surface area contributed by atoms with E-state index in [1.54, 1.807) is 12.5 Å². The van der Waals surface area contributed by atoms with Gasteiger partial charge in [-0.05, 0) is 12.1 Å². The summed E-state index contributed by atoms with van der Waals surface area (Å²) in [6, 6.07) is 3.77. The van der Waals surface area contributed by atoms with E-state index >= 15 is 0 Å². The summed E-state index contributed by atoms with van der Waals surface area (Å²) in [6.07, 6.45) is 5.48. The van der Waals surface area contributed by atoms with Crippen molar-refractivity contribution in [1.82, 2.24) is 19.9 Å². The molecule has 0 bridgehead atoms. The molecule has 3 rings (SSSR count). The molecule has 0 amide bonds. The number of nitrogens with one attached hydrogen (secondary N) is 1. The van der Waals surface area contributed by atoms with E-state index in [0.717, 1.165) is 22.7 Å². The molecule has 0 saturated heterocycles. The van der Waals surface area contributed by atoms with Gasteiger partial charge in [0, 0.05) is 0 Å². The molecule has 1 N–H and O–H groups in total. The van der Waals surface area contributed by atoms with Gasteiger partial charge in [0.1, 0.15) is 23.4 Å². The molecule has 0 unspecified atom stereocenters. The largest absolute Gasteiger partial charge is 0.469 e. The minimum Gasteiger partial charge on any atom is -0.469 e. The van der Waals surface area contributed by atoms with Crippen molar-refractivity contribution in [3.05, 3.63) is 42.5 Å². The molecule has 0 aliphatic rings. The van der Waals surface area contributed by atoms with Gasteiger partial charge in [0.05, 0.1) is 18.9 Å². The monoisotopic (exact) mass is 200 g/mol. The molecule has 5 nitrogen and oxygen atoms in total. The Morgan fingerprint density at radius 2 is 2.40 bits per heavy atom. The molecular formula is C10H8N4O. The van der Waals surface area contributed by atoms with E-state index < -0.39 is 0 Å². The number of aromatic nitrogens is 4. The summed E-state index contributed by atoms with van der Waals surface area (Å²) in [5, 5.41) is 0. The molecule has 3 aromatic rings. The van der Waals surface area contributed by atoms with Gasteiger partial charge in [-0.3, -0.25) is 0 Å². The first-order valence-electron chi connectivity index (χ1n) is 4.59. The molecule has 5 heteroatoms. The second kappa shape index (κ2) is 3.20. The van der Waals surface area contributed by atoms with Crippen LogP contribution >= 0.6 is 0 Å². The maximum absolute atomic E-state index is 5.24. The lowest BCUT2D eigenvalue weighted by molar-refractivity contribution is 0.518. The number of nitrogens with zero attached hydrogens (tertiary/aromatic N) is 3. The maximum atomic E-state index is 5.24. The second-order valence-electron chi connectivity index (χ2n) is 3.20. The molecule has 0 aliphatic heterocycles. The highest BCUT2D eigenvalue weighted by molar-refractivity contribution is 5.68. The number of fused-ring (bicyclic) bond motifs is 1. The molecule has 0 fully saturated rings. The zero-order chi connectivity index (χ0) is 10.1. The number of aromatic amines is 1. The molecule has 0 spiro atoms. The van der Waals surface area contributed by atoms with Crippen LogP contribution in [0.3, 0.4) is 0 Å². The third-order valence-corrected chi connectivity index (χ3v) is 2.13. The first-order chi connectivity index (χ1) is 7.42. The van der Waals surface area contributed by atoms with Gasteiger partial charge in [-0.15, -0.1) is 0 Å². The smallest absolute Gasteiger partial charge is 0.160 e. The van der Waals surface area contributed by atoms with Gasteiger partial charge in [-0.1, -0.05) is 0 Å². The maximum Gasteiger partial charge on any atom is 0.160 e. The quantitative estimate of drug-likeness (QED) is 0.681. The van der Waals surface area contributed by atoms with E-state index in [-0.39, 0.29) is 0 Å². The summed E-state index contributed by atoms with van der Waals surface area (Å²) in [5.41, 5.74) is 1.53. The summed E-state index contributed by atoms with van der Waals surface area (Å²) in [6.45, 7) is 0. The SMILES string of the molecule is c1coc(Cc2nc3cncnc3[nH]2)c1. The van der Waals surface area contributed by atoms with Crippen molar-refractivity contribution in [3.63, 3.8) is 0 Å². The second-order valence-corrected chi connectivity index (χ2v) is 3.20. The lowest BCUT2D eigenvalue weighted by atomic mass is 10.3. The van der Waals surface area contributed by atoms with Gasteiger partial charge in [0.2, 0.25) is 0 Å². The number of rotatable bonds is 2. The Labute approximate surface area is 85.2 Å².